The van der Waals surface area contributed by atoms with Gasteiger partial charge >= 0.3 is 0 Å². The van der Waals surface area contributed by atoms with Gasteiger partial charge in [0.05, 0.1) is 0 Å². The van der Waals surface area contributed by atoms with E-state index in [-0.39, 0.29) is 11.2 Å². The van der Waals surface area contributed by atoms with Gasteiger partial charge in [-0.3, -0.25) is 0 Å². The molecule has 2 aliphatic carbocycles. The standard InChI is InChI=1S/C20H32O/c1-2-3-4-5-6-7-8-9-10-11-13-18-14-12-15-19-16-17-20(18,19)21-19/h12,14-15H,2-11,13,16-17H2,1H3. The third-order valence-electron chi connectivity index (χ3n) is 5.83. The molecule has 2 atom stereocenters. The Balaban J connectivity index is 1.20. The zero-order chi connectivity index (χ0) is 14.6. The highest BCUT2D eigenvalue weighted by Crippen LogP contribution is 2.69. The van der Waals surface area contributed by atoms with Crippen LogP contribution in [0.4, 0.5) is 0 Å². The van der Waals surface area contributed by atoms with Crippen molar-refractivity contribution in [2.24, 2.45) is 0 Å². The normalized spacial score (nSPS) is 32.1. The maximum absolute atomic E-state index is 6.06. The molecule has 3 aliphatic rings. The van der Waals surface area contributed by atoms with Crippen LogP contribution in [0, 0.1) is 0 Å². The summed E-state index contributed by atoms with van der Waals surface area (Å²) in [5.74, 6) is 0. The van der Waals surface area contributed by atoms with E-state index in [4.69, 9.17) is 4.74 Å². The van der Waals surface area contributed by atoms with E-state index in [1.54, 1.807) is 5.57 Å². The van der Waals surface area contributed by atoms with E-state index in [1.807, 2.05) is 0 Å². The number of unbranched alkanes of at least 4 members (excludes halogenated alkanes) is 9. The Bertz CT molecular complexity index is 408. The van der Waals surface area contributed by atoms with Crippen LogP contribution in [0.25, 0.3) is 0 Å². The van der Waals surface area contributed by atoms with Crippen LogP contribution in [-0.4, -0.2) is 11.2 Å². The molecule has 0 bridgehead atoms. The fraction of sp³-hybridized carbons (Fsp3) is 0.800. The number of hydrogen-bond acceptors (Lipinski definition) is 1. The van der Waals surface area contributed by atoms with Crippen molar-refractivity contribution in [1.29, 1.82) is 0 Å². The summed E-state index contributed by atoms with van der Waals surface area (Å²) >= 11 is 0. The fourth-order valence-electron chi connectivity index (χ4n) is 4.28. The molecule has 21 heavy (non-hydrogen) atoms. The van der Waals surface area contributed by atoms with Gasteiger partial charge in [-0.15, -0.1) is 0 Å². The number of epoxide rings is 1. The minimum atomic E-state index is 0.176. The molecule has 0 aromatic heterocycles. The monoisotopic (exact) mass is 288 g/mol. The predicted molar refractivity (Wildman–Crippen MR) is 89.5 cm³/mol. The molecular weight excluding hydrogens is 256 g/mol. The molecule has 0 amide bonds. The SMILES string of the molecule is CCCCCCCCCCCCC1=CC=CC23CCC12O3. The van der Waals surface area contributed by atoms with Crippen molar-refractivity contribution in [3.05, 3.63) is 23.8 Å². The summed E-state index contributed by atoms with van der Waals surface area (Å²) in [6.45, 7) is 2.29. The van der Waals surface area contributed by atoms with Crippen LogP contribution < -0.4 is 0 Å². The predicted octanol–water partition coefficient (Wildman–Crippen LogP) is 6.10. The van der Waals surface area contributed by atoms with Gasteiger partial charge in [-0.25, -0.2) is 0 Å². The summed E-state index contributed by atoms with van der Waals surface area (Å²) in [4.78, 5) is 0. The van der Waals surface area contributed by atoms with Gasteiger partial charge in [0.1, 0.15) is 11.2 Å². The van der Waals surface area contributed by atoms with Gasteiger partial charge < -0.3 is 4.74 Å². The molecular formula is C20H32O. The van der Waals surface area contributed by atoms with Crippen LogP contribution in [0.15, 0.2) is 23.8 Å². The summed E-state index contributed by atoms with van der Waals surface area (Å²) in [6.07, 6.45) is 24.8. The summed E-state index contributed by atoms with van der Waals surface area (Å²) < 4.78 is 6.06. The maximum Gasteiger partial charge on any atom is 0.123 e. The van der Waals surface area contributed by atoms with Crippen LogP contribution in [0.1, 0.15) is 90.4 Å². The molecule has 1 heterocycles. The Hall–Kier alpha value is -0.560. The summed E-state index contributed by atoms with van der Waals surface area (Å²) in [5, 5.41) is 0. The molecule has 1 saturated heterocycles. The fourth-order valence-corrected chi connectivity index (χ4v) is 4.28. The highest BCUT2D eigenvalue weighted by molar-refractivity contribution is 5.50. The molecule has 1 heteroatoms. The smallest absolute Gasteiger partial charge is 0.123 e. The highest BCUT2D eigenvalue weighted by Gasteiger charge is 2.77. The van der Waals surface area contributed by atoms with Gasteiger partial charge in [-0.05, 0) is 37.3 Å². The third-order valence-corrected chi connectivity index (χ3v) is 5.83. The third kappa shape index (κ3) is 2.99. The van der Waals surface area contributed by atoms with E-state index in [9.17, 15) is 0 Å². The maximum atomic E-state index is 6.06. The van der Waals surface area contributed by atoms with Crippen molar-refractivity contribution >= 4 is 0 Å². The molecule has 1 nitrogen and oxygen atoms in total. The van der Waals surface area contributed by atoms with Crippen LogP contribution in [0.3, 0.4) is 0 Å². The molecule has 0 aromatic carbocycles. The van der Waals surface area contributed by atoms with Crippen molar-refractivity contribution in [2.45, 2.75) is 102 Å². The zero-order valence-electron chi connectivity index (χ0n) is 13.8. The Kier molecular flexibility index (Phi) is 4.88. The van der Waals surface area contributed by atoms with E-state index < -0.39 is 0 Å². The molecule has 118 valence electrons. The zero-order valence-corrected chi connectivity index (χ0v) is 13.8. The lowest BCUT2D eigenvalue weighted by Gasteiger charge is -2.31. The Morgan fingerprint density at radius 3 is 2.19 bits per heavy atom. The molecule has 3 rings (SSSR count). The minimum absolute atomic E-state index is 0.176. The molecule has 0 radical (unpaired) electrons. The number of allylic oxidation sites excluding steroid dienone is 2. The first-order chi connectivity index (χ1) is 10.3. The molecule has 0 spiro atoms. The Labute approximate surface area is 130 Å². The van der Waals surface area contributed by atoms with E-state index in [1.165, 1.54) is 83.5 Å². The van der Waals surface area contributed by atoms with Crippen molar-refractivity contribution in [3.8, 4) is 0 Å². The second kappa shape index (κ2) is 6.69. The lowest BCUT2D eigenvalue weighted by Crippen LogP contribution is -2.38. The van der Waals surface area contributed by atoms with Gasteiger partial charge in [-0.2, -0.15) is 0 Å². The van der Waals surface area contributed by atoms with Crippen molar-refractivity contribution in [3.63, 3.8) is 0 Å². The number of hydrogen-bond donors (Lipinski definition) is 0. The van der Waals surface area contributed by atoms with Crippen molar-refractivity contribution in [2.75, 3.05) is 0 Å². The molecule has 0 aromatic rings. The van der Waals surface area contributed by atoms with E-state index in [0.29, 0.717) is 0 Å². The second-order valence-electron chi connectivity index (χ2n) is 7.30. The van der Waals surface area contributed by atoms with E-state index >= 15 is 0 Å². The first-order valence-electron chi connectivity index (χ1n) is 9.42. The van der Waals surface area contributed by atoms with Crippen LogP contribution in [-0.2, 0) is 4.74 Å². The van der Waals surface area contributed by atoms with Gasteiger partial charge in [0.25, 0.3) is 0 Å². The van der Waals surface area contributed by atoms with Gasteiger partial charge in [0.2, 0.25) is 0 Å². The highest BCUT2D eigenvalue weighted by atomic mass is 16.6. The van der Waals surface area contributed by atoms with Gasteiger partial charge in [-0.1, -0.05) is 76.9 Å². The average Bonchev–Trinajstić information content (AvgIpc) is 3.03. The number of ether oxygens (including phenoxy) is 1. The topological polar surface area (TPSA) is 12.5 Å². The van der Waals surface area contributed by atoms with Crippen LogP contribution in [0.5, 0.6) is 0 Å². The molecule has 1 saturated carbocycles. The molecule has 0 N–H and O–H groups in total. The van der Waals surface area contributed by atoms with Crippen LogP contribution >= 0.6 is 0 Å². The van der Waals surface area contributed by atoms with E-state index in [0.717, 1.165) is 0 Å². The quantitative estimate of drug-likeness (QED) is 0.331. The summed E-state index contributed by atoms with van der Waals surface area (Å²) in [6, 6.07) is 0. The lowest BCUT2D eigenvalue weighted by molar-refractivity contribution is 0.341. The first kappa shape index (κ1) is 15.3. The minimum Gasteiger partial charge on any atom is -0.353 e. The summed E-state index contributed by atoms with van der Waals surface area (Å²) in [5.41, 5.74) is 1.96. The van der Waals surface area contributed by atoms with Gasteiger partial charge in [0, 0.05) is 0 Å². The van der Waals surface area contributed by atoms with Crippen LogP contribution in [0.2, 0.25) is 0 Å². The molecule has 1 aliphatic heterocycles. The summed E-state index contributed by atoms with van der Waals surface area (Å²) in [7, 11) is 0. The molecule has 2 unspecified atom stereocenters. The van der Waals surface area contributed by atoms with Crippen molar-refractivity contribution in [1.82, 2.24) is 0 Å². The Morgan fingerprint density at radius 2 is 1.57 bits per heavy atom. The first-order valence-corrected chi connectivity index (χ1v) is 9.42. The second-order valence-corrected chi connectivity index (χ2v) is 7.30. The molecule has 2 fully saturated rings. The van der Waals surface area contributed by atoms with Crippen molar-refractivity contribution < 1.29 is 4.74 Å². The average molecular weight is 288 g/mol. The Morgan fingerprint density at radius 1 is 0.905 bits per heavy atom. The lowest BCUT2D eigenvalue weighted by atomic mass is 9.66. The van der Waals surface area contributed by atoms with Gasteiger partial charge in [0.15, 0.2) is 0 Å². The van der Waals surface area contributed by atoms with E-state index in [2.05, 4.69) is 25.2 Å². The number of rotatable bonds is 11. The largest absolute Gasteiger partial charge is 0.353 e.